The quantitative estimate of drug-likeness (QED) is 0.0880. The van der Waals surface area contributed by atoms with Crippen LogP contribution in [0.4, 0.5) is 0 Å². The Labute approximate surface area is 446 Å². The number of esters is 1. The summed E-state index contributed by atoms with van der Waals surface area (Å²) in [6.45, 7) is 11.6. The van der Waals surface area contributed by atoms with E-state index in [4.69, 9.17) is 33.2 Å². The van der Waals surface area contributed by atoms with Gasteiger partial charge in [0.2, 0.25) is 5.91 Å². The van der Waals surface area contributed by atoms with Crippen molar-refractivity contribution < 1.29 is 73.1 Å². The van der Waals surface area contributed by atoms with E-state index in [0.29, 0.717) is 26.1 Å². The number of aliphatic hydroxyl groups excluding tert-OH is 4. The number of carbonyl (C=O) groups is 3. The van der Waals surface area contributed by atoms with Gasteiger partial charge in [-0.15, -0.1) is 0 Å². The van der Waals surface area contributed by atoms with E-state index in [0.717, 1.165) is 109 Å². The van der Waals surface area contributed by atoms with Gasteiger partial charge in [0.25, 0.3) is 0 Å². The maximum Gasteiger partial charge on any atom is 0.338 e. The van der Waals surface area contributed by atoms with Crippen molar-refractivity contribution in [2.45, 2.75) is 164 Å². The van der Waals surface area contributed by atoms with Crippen molar-refractivity contribution in [2.24, 2.45) is 17.8 Å². The van der Waals surface area contributed by atoms with Crippen LogP contribution in [0.15, 0.2) is 54.6 Å². The van der Waals surface area contributed by atoms with Crippen molar-refractivity contribution in [2.75, 3.05) is 72.1 Å². The van der Waals surface area contributed by atoms with Gasteiger partial charge in [0.15, 0.2) is 31.1 Å². The highest BCUT2D eigenvalue weighted by atomic mass is 16.8. The Kier molecular flexibility index (Phi) is 22.6. The molecule has 0 aromatic heterocycles. The van der Waals surface area contributed by atoms with E-state index >= 15 is 0 Å². The lowest BCUT2D eigenvalue weighted by atomic mass is 9.77. The number of nitrogens with zero attached hydrogens (tertiary/aromatic N) is 1. The number of ether oxygens (including phenoxy) is 7. The Bertz CT molecular complexity index is 2060. The van der Waals surface area contributed by atoms with Crippen molar-refractivity contribution in [1.82, 2.24) is 31.5 Å². The summed E-state index contributed by atoms with van der Waals surface area (Å²) in [5, 5.41) is 72.9. The molecule has 10 N–H and O–H groups in total. The number of carboxylic acids is 1. The van der Waals surface area contributed by atoms with Crippen LogP contribution in [-0.2, 0) is 55.8 Å². The molecular weight excluding hydrogens is 985 g/mol. The number of carbonyl (C=O) groups excluding carboxylic acids is 2. The van der Waals surface area contributed by atoms with Crippen LogP contribution in [0, 0.1) is 17.8 Å². The third-order valence-electron chi connectivity index (χ3n) is 15.7. The largest absolute Gasteiger partial charge is 0.479 e. The first-order valence-corrected chi connectivity index (χ1v) is 27.9. The van der Waals surface area contributed by atoms with E-state index in [1.807, 2.05) is 6.92 Å². The van der Waals surface area contributed by atoms with Gasteiger partial charge in [0.1, 0.15) is 36.6 Å². The van der Waals surface area contributed by atoms with Crippen LogP contribution in [0.5, 0.6) is 0 Å². The molecule has 2 aromatic rings. The van der Waals surface area contributed by atoms with Crippen LogP contribution >= 0.6 is 0 Å². The third kappa shape index (κ3) is 16.4. The first-order chi connectivity index (χ1) is 36.9. The van der Waals surface area contributed by atoms with E-state index < -0.39 is 110 Å². The molecule has 2 saturated carbocycles. The molecule has 21 nitrogen and oxygen atoms in total. The lowest BCUT2D eigenvalue weighted by molar-refractivity contribution is -0.391. The summed E-state index contributed by atoms with van der Waals surface area (Å²) < 4.78 is 44.0. The van der Waals surface area contributed by atoms with Gasteiger partial charge in [-0.05, 0) is 93.4 Å². The van der Waals surface area contributed by atoms with Crippen molar-refractivity contribution in [3.05, 3.63) is 71.3 Å². The molecule has 6 aliphatic rings. The van der Waals surface area contributed by atoms with Gasteiger partial charge in [0, 0.05) is 58.3 Å². The van der Waals surface area contributed by atoms with Crippen molar-refractivity contribution in [3.63, 3.8) is 0 Å². The summed E-state index contributed by atoms with van der Waals surface area (Å²) >= 11 is 0. The maximum atomic E-state index is 14.1. The summed E-state index contributed by atoms with van der Waals surface area (Å²) in [6, 6.07) is 16.8. The number of benzene rings is 2. The van der Waals surface area contributed by atoms with Crippen molar-refractivity contribution in [1.29, 1.82) is 0 Å². The molecule has 8 rings (SSSR count). The number of amides is 1. The lowest BCUT2D eigenvalue weighted by Gasteiger charge is -2.50. The fraction of sp³-hybridized carbons (Fsp3) is 0.727. The Morgan fingerprint density at radius 3 is 2.14 bits per heavy atom. The van der Waals surface area contributed by atoms with E-state index in [2.05, 4.69) is 55.7 Å². The average Bonchev–Trinajstić information content (AvgIpc) is 3.43. The van der Waals surface area contributed by atoms with E-state index in [1.54, 1.807) is 30.3 Å². The Morgan fingerprint density at radius 1 is 0.697 bits per heavy atom. The van der Waals surface area contributed by atoms with Gasteiger partial charge in [-0.25, -0.2) is 9.59 Å². The van der Waals surface area contributed by atoms with Crippen LogP contribution < -0.4 is 26.6 Å². The molecule has 76 heavy (non-hydrogen) atoms. The number of carboxylic acid groups (broad SMARTS) is 1. The monoisotopic (exact) mass is 1070 g/mol. The first kappa shape index (κ1) is 58.4. The fourth-order valence-electron chi connectivity index (χ4n) is 11.4. The van der Waals surface area contributed by atoms with Gasteiger partial charge < -0.3 is 85.3 Å². The zero-order chi connectivity index (χ0) is 53.4. The number of rotatable bonds is 15. The Morgan fingerprint density at radius 2 is 1.39 bits per heavy atom. The smallest absolute Gasteiger partial charge is 0.338 e. The zero-order valence-electron chi connectivity index (χ0n) is 44.0. The van der Waals surface area contributed by atoms with Gasteiger partial charge in [0.05, 0.1) is 24.4 Å². The minimum Gasteiger partial charge on any atom is -0.479 e. The second kappa shape index (κ2) is 29.5. The standard InChI is InChI=1S/C55H84N6O15/c1-34-28-39(50(66)60-24-23-59-31-36-14-16-37(17-15-36)32-61-26-9-20-57-22-21-56-18-8-19-58-25-27-61)30-40-47(34)75-54-46(65)44(63)45(64)53(76-54)70-33-42-43(62)48(71-41(51(67)68)29-35-10-4-2-5-11-35)49(55(72-40)73-42)74-52(69)38-12-6-3-7-13-38/h3,6-7,12-17,34-35,39-49,53-59,62-65H,2,4-5,8-11,18-33H2,1H3,(H,60,66)(H,67,68)/t34-,39?,40-,41+,42+,43+,44?,45+,46+,47?,48?,49?,53?,54-,55-/m1/s1. The minimum atomic E-state index is -1.76. The summed E-state index contributed by atoms with van der Waals surface area (Å²) in [6.07, 6.45) is -12.1. The third-order valence-corrected chi connectivity index (χ3v) is 15.7. The Hall–Kier alpha value is -3.75. The predicted molar refractivity (Wildman–Crippen MR) is 276 cm³/mol. The molecule has 0 spiro atoms. The number of aliphatic carboxylic acids is 1. The van der Waals surface area contributed by atoms with E-state index in [-0.39, 0.29) is 30.2 Å². The summed E-state index contributed by atoms with van der Waals surface area (Å²) in [4.78, 5) is 43.5. The first-order valence-electron chi connectivity index (χ1n) is 27.9. The van der Waals surface area contributed by atoms with Gasteiger partial charge in [-0.1, -0.05) is 81.5 Å². The van der Waals surface area contributed by atoms with Crippen LogP contribution in [0.2, 0.25) is 0 Å². The molecule has 6 unspecified atom stereocenters. The molecule has 2 aromatic carbocycles. The van der Waals surface area contributed by atoms with E-state index in [1.165, 1.54) is 5.56 Å². The molecule has 15 atom stereocenters. The van der Waals surface area contributed by atoms with Crippen molar-refractivity contribution >= 4 is 17.8 Å². The molecule has 6 fully saturated rings. The topological polar surface area (TPSA) is 280 Å². The molecule has 0 radical (unpaired) electrons. The molecule has 21 heteroatoms. The van der Waals surface area contributed by atoms with Crippen molar-refractivity contribution in [3.8, 4) is 0 Å². The second-order valence-corrected chi connectivity index (χ2v) is 21.6. The van der Waals surface area contributed by atoms with Gasteiger partial charge in [-0.2, -0.15) is 0 Å². The molecular formula is C55H84N6O15. The summed E-state index contributed by atoms with van der Waals surface area (Å²) in [7, 11) is 0. The number of hydrogen-bond donors (Lipinski definition) is 10. The van der Waals surface area contributed by atoms with Gasteiger partial charge in [-0.3, -0.25) is 9.69 Å². The number of aliphatic hydroxyl groups is 4. The summed E-state index contributed by atoms with van der Waals surface area (Å²) in [5.41, 5.74) is 2.55. The van der Waals surface area contributed by atoms with E-state index in [9.17, 15) is 39.9 Å². The molecule has 4 aliphatic heterocycles. The minimum absolute atomic E-state index is 0.0501. The highest BCUT2D eigenvalue weighted by Gasteiger charge is 2.55. The second-order valence-electron chi connectivity index (χ2n) is 21.6. The number of nitrogens with one attached hydrogen (secondary N) is 5. The van der Waals surface area contributed by atoms with Gasteiger partial charge >= 0.3 is 11.9 Å². The molecule has 4 heterocycles. The highest BCUT2D eigenvalue weighted by molar-refractivity contribution is 5.89. The number of hydrogen-bond acceptors (Lipinski definition) is 19. The van der Waals surface area contributed by atoms with Crippen LogP contribution in [-0.4, -0.2) is 200 Å². The van der Waals surface area contributed by atoms with Crippen LogP contribution in [0.3, 0.4) is 0 Å². The SMILES string of the molecule is C[C@@H]1CC(C(=O)NCCNCc2ccc(CN3CCCNCCNCCCNCC3)cc2)C[C@H]2O[C@@H]3O[C@@H](COC4O[C@@H](OC12)[C@@H](O)C(O)[C@@H]4O)[C@H](O)C(O[C@@H](CC1CCCCC1)C(=O)O)C3OC(=O)c1ccccc1. The average molecular weight is 1070 g/mol. The normalized spacial score (nSPS) is 34.2. The summed E-state index contributed by atoms with van der Waals surface area (Å²) in [5.74, 6) is -3.33. The molecule has 2 aliphatic carbocycles. The molecule has 4 bridgehead atoms. The fourth-order valence-corrected chi connectivity index (χ4v) is 11.4. The Balaban J connectivity index is 0.940. The molecule has 1 amide bonds. The van der Waals surface area contributed by atoms with Crippen LogP contribution in [0.25, 0.3) is 0 Å². The number of fused-ring (bicyclic) bond motifs is 5. The van der Waals surface area contributed by atoms with Crippen LogP contribution in [0.1, 0.15) is 92.6 Å². The predicted octanol–water partition coefficient (Wildman–Crippen LogP) is 0.989. The highest BCUT2D eigenvalue weighted by Crippen LogP contribution is 2.40. The lowest BCUT2D eigenvalue weighted by Crippen LogP contribution is -2.66. The maximum absolute atomic E-state index is 14.1. The molecule has 4 saturated heterocycles. The zero-order valence-corrected chi connectivity index (χ0v) is 44.0. The molecule has 424 valence electrons.